The lowest BCUT2D eigenvalue weighted by molar-refractivity contribution is -0.117. The van der Waals surface area contributed by atoms with Crippen molar-refractivity contribution in [3.8, 4) is 28.5 Å². The Morgan fingerprint density at radius 1 is 1.11 bits per heavy atom. The molecule has 7 nitrogen and oxygen atoms in total. The van der Waals surface area contributed by atoms with Gasteiger partial charge in [0.1, 0.15) is 11.4 Å². The number of ether oxygens (including phenoxy) is 2. The van der Waals surface area contributed by atoms with Gasteiger partial charge in [0.15, 0.2) is 34.9 Å². The number of methoxy groups -OCH3 is 1. The summed E-state index contributed by atoms with van der Waals surface area (Å²) >= 11 is 0. The fraction of sp³-hybridized carbons (Fsp3) is 0.370. The van der Waals surface area contributed by atoms with E-state index in [1.54, 1.807) is 20.2 Å². The van der Waals surface area contributed by atoms with Crippen molar-refractivity contribution in [1.29, 1.82) is 0 Å². The van der Waals surface area contributed by atoms with Gasteiger partial charge >= 0.3 is 0 Å². The van der Waals surface area contributed by atoms with E-state index in [4.69, 9.17) is 13.9 Å². The van der Waals surface area contributed by atoms with E-state index in [2.05, 4.69) is 33.6 Å². The van der Waals surface area contributed by atoms with Crippen LogP contribution in [0.3, 0.4) is 0 Å². The Bertz CT molecular complexity index is 1400. The molecular formula is C27H28F2N4O3. The van der Waals surface area contributed by atoms with Gasteiger partial charge in [-0.25, -0.2) is 13.8 Å². The summed E-state index contributed by atoms with van der Waals surface area (Å²) in [6.07, 6.45) is 3.28. The summed E-state index contributed by atoms with van der Waals surface area (Å²) in [6.45, 7) is 6.82. The number of oxazole rings is 1. The maximum Gasteiger partial charge on any atom is 0.191 e. The fourth-order valence-corrected chi connectivity index (χ4v) is 4.86. The smallest absolute Gasteiger partial charge is 0.191 e. The molecule has 3 heterocycles. The molecule has 0 amide bonds. The molecule has 4 aromatic rings. The van der Waals surface area contributed by atoms with Gasteiger partial charge in [-0.3, -0.25) is 0 Å². The molecule has 0 N–H and O–H groups in total. The Labute approximate surface area is 208 Å². The standard InChI is InChI=1S/C27H28F2N4O3/c1-16(2)27(35-15-18-6-9-21(28)22(29)12-18)10-5-11-33-25(31-32-26(27)33)19-7-8-20(23(13-19)34-4)24-14-30-17(3)36-24/h6-9,12-14,16H,5,10-11,15H2,1-4H3. The minimum atomic E-state index is -0.887. The largest absolute Gasteiger partial charge is 0.496 e. The first-order valence-electron chi connectivity index (χ1n) is 11.9. The lowest BCUT2D eigenvalue weighted by Gasteiger charge is -2.40. The Morgan fingerprint density at radius 2 is 1.94 bits per heavy atom. The first-order valence-corrected chi connectivity index (χ1v) is 11.9. The molecule has 0 spiro atoms. The van der Waals surface area contributed by atoms with Crippen LogP contribution >= 0.6 is 0 Å². The van der Waals surface area contributed by atoms with Gasteiger partial charge < -0.3 is 18.5 Å². The van der Waals surface area contributed by atoms with Crippen LogP contribution in [0, 0.1) is 24.5 Å². The van der Waals surface area contributed by atoms with E-state index in [0.29, 0.717) is 28.8 Å². The quantitative estimate of drug-likeness (QED) is 0.311. The zero-order valence-corrected chi connectivity index (χ0v) is 20.7. The molecule has 1 atom stereocenters. The number of benzene rings is 2. The van der Waals surface area contributed by atoms with Crippen molar-refractivity contribution in [2.24, 2.45) is 5.92 Å². The van der Waals surface area contributed by atoms with Gasteiger partial charge in [-0.05, 0) is 48.6 Å². The monoisotopic (exact) mass is 494 g/mol. The molecule has 0 saturated carbocycles. The molecule has 0 radical (unpaired) electrons. The third-order valence-corrected chi connectivity index (χ3v) is 6.82. The van der Waals surface area contributed by atoms with E-state index in [0.717, 1.165) is 42.4 Å². The lowest BCUT2D eigenvalue weighted by atomic mass is 9.82. The topological polar surface area (TPSA) is 75.2 Å². The van der Waals surface area contributed by atoms with Crippen LogP contribution in [0.5, 0.6) is 5.75 Å². The second kappa shape index (κ2) is 9.46. The van der Waals surface area contributed by atoms with E-state index >= 15 is 0 Å². The highest BCUT2D eigenvalue weighted by atomic mass is 19.2. The van der Waals surface area contributed by atoms with Gasteiger partial charge in [0.05, 0.1) is 25.5 Å². The van der Waals surface area contributed by atoms with Gasteiger partial charge in [0.25, 0.3) is 0 Å². The normalized spacial score (nSPS) is 17.4. The summed E-state index contributed by atoms with van der Waals surface area (Å²) in [7, 11) is 1.61. The molecule has 0 fully saturated rings. The number of fused-ring (bicyclic) bond motifs is 1. The van der Waals surface area contributed by atoms with Gasteiger partial charge in [0.2, 0.25) is 0 Å². The van der Waals surface area contributed by atoms with Crippen molar-refractivity contribution in [3.63, 3.8) is 0 Å². The van der Waals surface area contributed by atoms with Crippen LogP contribution in [0.25, 0.3) is 22.7 Å². The molecule has 1 aliphatic heterocycles. The number of nitrogens with zero attached hydrogens (tertiary/aromatic N) is 4. The maximum atomic E-state index is 13.8. The van der Waals surface area contributed by atoms with E-state index in [-0.39, 0.29) is 12.5 Å². The van der Waals surface area contributed by atoms with Crippen molar-refractivity contribution in [1.82, 2.24) is 19.7 Å². The molecule has 5 rings (SSSR count). The Hall–Kier alpha value is -3.59. The summed E-state index contributed by atoms with van der Waals surface area (Å²) < 4.78 is 47.0. The van der Waals surface area contributed by atoms with Crippen molar-refractivity contribution < 1.29 is 22.7 Å². The van der Waals surface area contributed by atoms with Gasteiger partial charge in [0, 0.05) is 19.0 Å². The minimum absolute atomic E-state index is 0.0745. The van der Waals surface area contributed by atoms with Crippen molar-refractivity contribution in [3.05, 3.63) is 71.5 Å². The number of halogens is 2. The van der Waals surface area contributed by atoms with Gasteiger partial charge in [-0.1, -0.05) is 26.0 Å². The molecule has 0 bridgehead atoms. The average molecular weight is 495 g/mol. The predicted octanol–water partition coefficient (Wildman–Crippen LogP) is 6.06. The van der Waals surface area contributed by atoms with Crippen LogP contribution in [0.15, 0.2) is 47.0 Å². The fourth-order valence-electron chi connectivity index (χ4n) is 4.86. The molecule has 0 saturated heterocycles. The minimum Gasteiger partial charge on any atom is -0.496 e. The summed E-state index contributed by atoms with van der Waals surface area (Å²) in [4.78, 5) is 4.18. The van der Waals surface area contributed by atoms with Crippen LogP contribution in [-0.4, -0.2) is 26.9 Å². The number of aromatic nitrogens is 4. The molecule has 2 aromatic heterocycles. The SMILES string of the molecule is COc1cc(-c2nnc3n2CCCC3(OCc2ccc(F)c(F)c2)C(C)C)ccc1-c1cnc(C)o1. The zero-order chi connectivity index (χ0) is 25.4. The second-order valence-corrected chi connectivity index (χ2v) is 9.34. The molecule has 36 heavy (non-hydrogen) atoms. The van der Waals surface area contributed by atoms with Crippen LogP contribution in [0.2, 0.25) is 0 Å². The van der Waals surface area contributed by atoms with Gasteiger partial charge in [-0.15, -0.1) is 10.2 Å². The van der Waals surface area contributed by atoms with Crippen molar-refractivity contribution in [2.75, 3.05) is 7.11 Å². The van der Waals surface area contributed by atoms with E-state index < -0.39 is 17.2 Å². The zero-order valence-electron chi connectivity index (χ0n) is 20.7. The van der Waals surface area contributed by atoms with Crippen LogP contribution < -0.4 is 4.74 Å². The highest BCUT2D eigenvalue weighted by Gasteiger charge is 2.44. The maximum absolute atomic E-state index is 13.8. The summed E-state index contributed by atoms with van der Waals surface area (Å²) in [6, 6.07) is 9.63. The highest BCUT2D eigenvalue weighted by molar-refractivity contribution is 5.71. The average Bonchev–Trinajstić information content (AvgIpc) is 3.51. The molecule has 0 aliphatic carbocycles. The molecule has 9 heteroatoms. The Balaban J connectivity index is 1.50. The van der Waals surface area contributed by atoms with Crippen LogP contribution in [0.4, 0.5) is 8.78 Å². The predicted molar refractivity (Wildman–Crippen MR) is 129 cm³/mol. The molecule has 188 valence electrons. The summed E-state index contributed by atoms with van der Waals surface area (Å²) in [5.74, 6) is 1.60. The van der Waals surface area contributed by atoms with E-state index in [9.17, 15) is 8.78 Å². The van der Waals surface area contributed by atoms with E-state index in [1.807, 2.05) is 18.2 Å². The molecular weight excluding hydrogens is 466 g/mol. The Morgan fingerprint density at radius 3 is 2.64 bits per heavy atom. The number of hydrogen-bond acceptors (Lipinski definition) is 6. The molecule has 1 unspecified atom stereocenters. The van der Waals surface area contributed by atoms with Gasteiger partial charge in [-0.2, -0.15) is 0 Å². The third-order valence-electron chi connectivity index (χ3n) is 6.82. The lowest BCUT2D eigenvalue weighted by Crippen LogP contribution is -2.41. The molecule has 1 aliphatic rings. The summed E-state index contributed by atoms with van der Waals surface area (Å²) in [5, 5.41) is 9.12. The summed E-state index contributed by atoms with van der Waals surface area (Å²) in [5.41, 5.74) is 1.50. The highest BCUT2D eigenvalue weighted by Crippen LogP contribution is 2.43. The Kier molecular flexibility index (Phi) is 6.34. The number of rotatable bonds is 7. The number of hydrogen-bond donors (Lipinski definition) is 0. The first-order chi connectivity index (χ1) is 17.3. The van der Waals surface area contributed by atoms with Crippen molar-refractivity contribution >= 4 is 0 Å². The van der Waals surface area contributed by atoms with Crippen LogP contribution in [-0.2, 0) is 23.5 Å². The van der Waals surface area contributed by atoms with Crippen LogP contribution in [0.1, 0.15) is 44.0 Å². The first kappa shape index (κ1) is 24.1. The third kappa shape index (κ3) is 4.17. The van der Waals surface area contributed by atoms with E-state index in [1.165, 1.54) is 12.1 Å². The number of aryl methyl sites for hydroxylation is 1. The second-order valence-electron chi connectivity index (χ2n) is 9.34. The van der Waals surface area contributed by atoms with Crippen molar-refractivity contribution in [2.45, 2.75) is 52.4 Å². The molecule has 2 aromatic carbocycles.